The minimum atomic E-state index is -0.350. The van der Waals surface area contributed by atoms with E-state index in [1.807, 2.05) is 31.2 Å². The van der Waals surface area contributed by atoms with Crippen LogP contribution in [0, 0.1) is 0 Å². The molecule has 0 saturated carbocycles. The zero-order valence-electron chi connectivity index (χ0n) is 14.5. The number of carbonyl (C=O) groups is 3. The van der Waals surface area contributed by atoms with Gasteiger partial charge in [0.1, 0.15) is 5.75 Å². The molecule has 0 radical (unpaired) electrons. The Morgan fingerprint density at radius 2 is 1.88 bits per heavy atom. The third-order valence-corrected chi connectivity index (χ3v) is 3.70. The van der Waals surface area contributed by atoms with Crippen molar-refractivity contribution in [3.05, 3.63) is 24.3 Å². The number of nitrogens with zero attached hydrogens (tertiary/aromatic N) is 1. The Kier molecular flexibility index (Phi) is 6.62. The van der Waals surface area contributed by atoms with E-state index < -0.39 is 0 Å². The lowest BCUT2D eigenvalue weighted by molar-refractivity contribution is -0.119. The molecule has 3 N–H and O–H groups in total. The topological polar surface area (TPSA) is 99.8 Å². The van der Waals surface area contributed by atoms with Crippen LogP contribution in [0.25, 0.3) is 0 Å². The molecule has 8 heteroatoms. The van der Waals surface area contributed by atoms with Crippen LogP contribution in [-0.4, -0.2) is 50.1 Å². The second-order valence-corrected chi connectivity index (χ2v) is 5.72. The Labute approximate surface area is 146 Å². The van der Waals surface area contributed by atoms with E-state index in [9.17, 15) is 14.4 Å². The predicted octanol–water partition coefficient (Wildman–Crippen LogP) is 0.626. The van der Waals surface area contributed by atoms with Crippen LogP contribution in [0.2, 0.25) is 0 Å². The number of urea groups is 1. The van der Waals surface area contributed by atoms with Crippen LogP contribution in [-0.2, 0) is 9.59 Å². The highest BCUT2D eigenvalue weighted by atomic mass is 16.5. The Bertz CT molecular complexity index is 618. The average Bonchev–Trinajstić information content (AvgIpc) is 2.93. The molecule has 1 aliphatic heterocycles. The zero-order valence-corrected chi connectivity index (χ0v) is 14.5. The summed E-state index contributed by atoms with van der Waals surface area (Å²) < 4.78 is 5.39. The summed E-state index contributed by atoms with van der Waals surface area (Å²) in [6.45, 7) is 5.03. The Morgan fingerprint density at radius 3 is 2.52 bits per heavy atom. The molecule has 0 bridgehead atoms. The highest BCUT2D eigenvalue weighted by Gasteiger charge is 2.31. The molecule has 1 unspecified atom stereocenters. The van der Waals surface area contributed by atoms with Gasteiger partial charge in [-0.05, 0) is 31.2 Å². The van der Waals surface area contributed by atoms with Crippen molar-refractivity contribution in [1.82, 2.24) is 16.0 Å². The molecule has 4 amide bonds. The first-order chi connectivity index (χ1) is 12.0. The second-order valence-electron chi connectivity index (χ2n) is 5.72. The number of benzene rings is 1. The SMILES string of the molecule is CCOc1ccc(N2CC(NC(=O)NCCNC(C)=O)CC2=O)cc1. The molecule has 1 aliphatic rings. The summed E-state index contributed by atoms with van der Waals surface area (Å²) in [5.41, 5.74) is 0.781. The number of anilines is 1. The molecule has 1 saturated heterocycles. The van der Waals surface area contributed by atoms with Crippen LogP contribution in [0.1, 0.15) is 20.3 Å². The lowest BCUT2D eigenvalue weighted by atomic mass is 10.2. The predicted molar refractivity (Wildman–Crippen MR) is 93.6 cm³/mol. The van der Waals surface area contributed by atoms with Crippen molar-refractivity contribution in [2.75, 3.05) is 31.1 Å². The van der Waals surface area contributed by atoms with Gasteiger partial charge in [0.25, 0.3) is 0 Å². The number of nitrogens with one attached hydrogen (secondary N) is 3. The maximum absolute atomic E-state index is 12.2. The number of hydrogen-bond donors (Lipinski definition) is 3. The summed E-state index contributed by atoms with van der Waals surface area (Å²) in [5.74, 6) is 0.577. The Morgan fingerprint density at radius 1 is 1.20 bits per heavy atom. The van der Waals surface area contributed by atoms with Crippen molar-refractivity contribution in [3.8, 4) is 5.75 Å². The number of hydrogen-bond acceptors (Lipinski definition) is 4. The van der Waals surface area contributed by atoms with E-state index >= 15 is 0 Å². The third-order valence-electron chi connectivity index (χ3n) is 3.70. The lowest BCUT2D eigenvalue weighted by Crippen LogP contribution is -2.45. The van der Waals surface area contributed by atoms with Crippen molar-refractivity contribution >= 4 is 23.5 Å². The minimum absolute atomic E-state index is 0.0345. The molecular formula is C17H24N4O4. The van der Waals surface area contributed by atoms with Gasteiger partial charge in [-0.25, -0.2) is 4.79 Å². The molecule has 0 aliphatic carbocycles. The normalized spacial score (nSPS) is 16.5. The Balaban J connectivity index is 1.81. The van der Waals surface area contributed by atoms with Crippen LogP contribution in [0.15, 0.2) is 24.3 Å². The summed E-state index contributed by atoms with van der Waals surface area (Å²) in [4.78, 5) is 36.4. The van der Waals surface area contributed by atoms with Gasteiger partial charge >= 0.3 is 6.03 Å². The number of amides is 4. The first kappa shape index (κ1) is 18.6. The molecule has 2 rings (SSSR count). The molecule has 136 valence electrons. The maximum Gasteiger partial charge on any atom is 0.315 e. The fraction of sp³-hybridized carbons (Fsp3) is 0.471. The fourth-order valence-electron chi connectivity index (χ4n) is 2.59. The second kappa shape index (κ2) is 8.91. The molecule has 25 heavy (non-hydrogen) atoms. The maximum atomic E-state index is 12.2. The zero-order chi connectivity index (χ0) is 18.2. The van der Waals surface area contributed by atoms with Gasteiger partial charge in [-0.2, -0.15) is 0 Å². The van der Waals surface area contributed by atoms with Gasteiger partial charge in [0, 0.05) is 38.7 Å². The van der Waals surface area contributed by atoms with Gasteiger partial charge in [0.05, 0.1) is 12.6 Å². The van der Waals surface area contributed by atoms with E-state index in [0.717, 1.165) is 11.4 Å². The van der Waals surface area contributed by atoms with Gasteiger partial charge in [-0.15, -0.1) is 0 Å². The quantitative estimate of drug-likeness (QED) is 0.629. The third kappa shape index (κ3) is 5.66. The minimum Gasteiger partial charge on any atom is -0.494 e. The standard InChI is InChI=1S/C17H24N4O4/c1-3-25-15-6-4-14(5-7-15)21-11-13(10-16(21)23)20-17(24)19-9-8-18-12(2)22/h4-7,13H,3,8-11H2,1-2H3,(H,18,22)(H2,19,20,24). The summed E-state index contributed by atoms with van der Waals surface area (Å²) >= 11 is 0. The van der Waals surface area contributed by atoms with E-state index in [2.05, 4.69) is 16.0 Å². The van der Waals surface area contributed by atoms with Gasteiger partial charge in [0.15, 0.2) is 0 Å². The Hall–Kier alpha value is -2.77. The van der Waals surface area contributed by atoms with Crippen molar-refractivity contribution in [1.29, 1.82) is 0 Å². The summed E-state index contributed by atoms with van der Waals surface area (Å²) in [5, 5.41) is 8.01. The first-order valence-electron chi connectivity index (χ1n) is 8.31. The number of carbonyl (C=O) groups excluding carboxylic acids is 3. The lowest BCUT2D eigenvalue weighted by Gasteiger charge is -2.18. The molecule has 1 heterocycles. The average molecular weight is 348 g/mol. The molecule has 1 atom stereocenters. The van der Waals surface area contributed by atoms with E-state index in [1.165, 1.54) is 6.92 Å². The first-order valence-corrected chi connectivity index (χ1v) is 8.31. The van der Waals surface area contributed by atoms with Gasteiger partial charge in [-0.3, -0.25) is 9.59 Å². The van der Waals surface area contributed by atoms with E-state index in [1.54, 1.807) is 4.90 Å². The van der Waals surface area contributed by atoms with Crippen LogP contribution >= 0.6 is 0 Å². The molecule has 8 nitrogen and oxygen atoms in total. The van der Waals surface area contributed by atoms with E-state index in [0.29, 0.717) is 26.2 Å². The summed E-state index contributed by atoms with van der Waals surface area (Å²) in [7, 11) is 0. The summed E-state index contributed by atoms with van der Waals surface area (Å²) in [6.07, 6.45) is 0.256. The highest BCUT2D eigenvalue weighted by molar-refractivity contribution is 5.96. The fourth-order valence-corrected chi connectivity index (χ4v) is 2.59. The number of rotatable bonds is 7. The van der Waals surface area contributed by atoms with Crippen molar-refractivity contribution in [2.45, 2.75) is 26.3 Å². The van der Waals surface area contributed by atoms with Crippen molar-refractivity contribution in [3.63, 3.8) is 0 Å². The number of ether oxygens (including phenoxy) is 1. The van der Waals surface area contributed by atoms with Gasteiger partial charge < -0.3 is 25.6 Å². The van der Waals surface area contributed by atoms with Crippen LogP contribution in [0.5, 0.6) is 5.75 Å². The van der Waals surface area contributed by atoms with Crippen molar-refractivity contribution < 1.29 is 19.1 Å². The van der Waals surface area contributed by atoms with Crippen molar-refractivity contribution in [2.24, 2.45) is 0 Å². The monoisotopic (exact) mass is 348 g/mol. The molecule has 1 aromatic rings. The van der Waals surface area contributed by atoms with Crippen LogP contribution in [0.4, 0.5) is 10.5 Å². The van der Waals surface area contributed by atoms with Crippen LogP contribution in [0.3, 0.4) is 0 Å². The largest absolute Gasteiger partial charge is 0.494 e. The van der Waals surface area contributed by atoms with Gasteiger partial charge in [0.2, 0.25) is 11.8 Å². The van der Waals surface area contributed by atoms with E-state index in [4.69, 9.17) is 4.74 Å². The molecular weight excluding hydrogens is 324 g/mol. The summed E-state index contributed by atoms with van der Waals surface area (Å²) in [6, 6.07) is 6.71. The van der Waals surface area contributed by atoms with Gasteiger partial charge in [-0.1, -0.05) is 0 Å². The molecule has 0 aromatic heterocycles. The highest BCUT2D eigenvalue weighted by Crippen LogP contribution is 2.24. The van der Waals surface area contributed by atoms with Crippen LogP contribution < -0.4 is 25.6 Å². The molecule has 1 aromatic carbocycles. The molecule has 0 spiro atoms. The van der Waals surface area contributed by atoms with E-state index in [-0.39, 0.29) is 30.3 Å². The smallest absolute Gasteiger partial charge is 0.315 e. The molecule has 1 fully saturated rings.